The lowest BCUT2D eigenvalue weighted by Crippen LogP contribution is -2.35. The van der Waals surface area contributed by atoms with Gasteiger partial charge in [0.2, 0.25) is 0 Å². The van der Waals surface area contributed by atoms with Gasteiger partial charge < -0.3 is 24.2 Å². The summed E-state index contributed by atoms with van der Waals surface area (Å²) in [7, 11) is -3.01. The second-order valence-corrected chi connectivity index (χ2v) is 38.5. The van der Waals surface area contributed by atoms with Crippen LogP contribution in [0.3, 0.4) is 0 Å². The quantitative estimate of drug-likeness (QED) is 0.0305. The molecule has 7 heteroatoms. The number of aliphatic hydroxyl groups excluding tert-OH is 3. The maximum Gasteiger partial charge on any atom is 0.184 e. The van der Waals surface area contributed by atoms with Crippen LogP contribution in [0.25, 0.3) is 0 Å². The zero-order valence-corrected chi connectivity index (χ0v) is 59.5. The van der Waals surface area contributed by atoms with Gasteiger partial charge in [0, 0.05) is 12.2 Å². The van der Waals surface area contributed by atoms with Crippen molar-refractivity contribution < 1.29 is 24.2 Å². The van der Waals surface area contributed by atoms with E-state index in [0.717, 1.165) is 73.5 Å². The third-order valence-corrected chi connectivity index (χ3v) is 21.6. The summed E-state index contributed by atoms with van der Waals surface area (Å²) >= 11 is 0. The summed E-state index contributed by atoms with van der Waals surface area (Å²) in [6.45, 7) is 30.7. The van der Waals surface area contributed by atoms with Crippen molar-refractivity contribution in [2.24, 2.45) is 59.2 Å². The van der Waals surface area contributed by atoms with Crippen LogP contribution in [-0.2, 0) is 28.1 Å². The van der Waals surface area contributed by atoms with Crippen molar-refractivity contribution >= 4 is 16.6 Å². The van der Waals surface area contributed by atoms with E-state index in [0.29, 0.717) is 31.0 Å². The molecule has 3 fully saturated rings. The van der Waals surface area contributed by atoms with Gasteiger partial charge in [-0.25, -0.2) is 0 Å². The standard InChI is InChI=1S/2C28H48OSi.C23H36O3/c1-7-8-9-10-14-17-27-26(24(3)22-28(27)29-30(4,5)6)21-19-23(2)18-20-25-15-12-11-13-16-25;1-7-8-9-10-14-17-26-24(3)22-28(29-30(4,5)6)27(26)21-19-23(2)18-20-25-15-12-11-13-16-25;1-2-3-4-5-9-12-20-21(23(26)17-22(20)25)16-15-19(24)14-13-18-10-7-6-8-11-18/h2*10-16,23-24,26-28H,7-9,17-22H2,1-6H3;5-11,19-26H,2-4,12-17H2,1H3/b2*14-10-;9-5-/t23-,24+,26-,27+,28-;23-,24-,26-,27+,28+;19-,20+,21+,22-,23+/m000/s1. The van der Waals surface area contributed by atoms with Crippen LogP contribution in [0.2, 0.25) is 39.3 Å². The Labute approximate surface area is 532 Å². The van der Waals surface area contributed by atoms with Gasteiger partial charge in [0.1, 0.15) is 0 Å². The van der Waals surface area contributed by atoms with E-state index >= 15 is 0 Å². The van der Waals surface area contributed by atoms with E-state index < -0.39 is 28.8 Å². The maximum atomic E-state index is 10.3. The second kappa shape index (κ2) is 42.2. The molecule has 0 bridgehead atoms. The SMILES string of the molecule is CCCC/C=C\C[C@@H]1[C@@H](CC[C@@H](C)CCc2ccccc2)[C@H](C)C[C@@H]1O[Si](C)(C)C.CCCC/C=C\C[C@@H]1[C@@H](CC[C@@H](C)CCc2ccccc2)[C@H](O[Si](C)(C)C)C[C@@H]1C.CCCC/C=C\C[C@@H]1[C@@H](CC[C@@H](O)CCc2ccccc2)[C@H](O)C[C@@H]1O. The Morgan fingerprint density at radius 1 is 0.430 bits per heavy atom. The summed E-state index contributed by atoms with van der Waals surface area (Å²) in [4.78, 5) is 0. The minimum atomic E-state index is -1.51. The Bertz CT molecular complexity index is 2220. The zero-order chi connectivity index (χ0) is 62.7. The summed E-state index contributed by atoms with van der Waals surface area (Å²) in [6.07, 6.45) is 44.9. The Hall–Kier alpha value is -2.89. The van der Waals surface area contributed by atoms with Crippen molar-refractivity contribution in [1.82, 2.24) is 0 Å². The molecule has 0 spiro atoms. The predicted molar refractivity (Wildman–Crippen MR) is 378 cm³/mol. The normalized spacial score (nSPS) is 26.2. The summed E-state index contributed by atoms with van der Waals surface area (Å²) in [5.74, 6) is 6.44. The van der Waals surface area contributed by atoms with E-state index in [9.17, 15) is 15.3 Å². The van der Waals surface area contributed by atoms with E-state index in [2.05, 4.69) is 197 Å². The van der Waals surface area contributed by atoms with Crippen LogP contribution in [-0.4, -0.2) is 62.5 Å². The second-order valence-electron chi connectivity index (χ2n) is 29.5. The van der Waals surface area contributed by atoms with Gasteiger partial charge in [-0.2, -0.15) is 0 Å². The number of hydrogen-bond acceptors (Lipinski definition) is 5. The molecule has 3 N–H and O–H groups in total. The molecular formula is C79H132O5Si2. The molecule has 0 aromatic heterocycles. The van der Waals surface area contributed by atoms with Crippen LogP contribution in [0.1, 0.15) is 219 Å². The number of aryl methyl sites for hydroxylation is 3. The van der Waals surface area contributed by atoms with E-state index in [-0.39, 0.29) is 17.9 Å². The molecule has 486 valence electrons. The Morgan fingerprint density at radius 2 is 0.791 bits per heavy atom. The molecule has 3 aliphatic rings. The van der Waals surface area contributed by atoms with Crippen molar-refractivity contribution in [2.75, 3.05) is 0 Å². The number of rotatable bonds is 37. The molecular weight excluding hydrogens is 1090 g/mol. The topological polar surface area (TPSA) is 79.2 Å². The van der Waals surface area contributed by atoms with Gasteiger partial charge in [-0.15, -0.1) is 0 Å². The number of unbranched alkanes of at least 4 members (excludes halogenated alkanes) is 6. The molecule has 0 radical (unpaired) electrons. The molecule has 0 saturated heterocycles. The smallest absolute Gasteiger partial charge is 0.184 e. The van der Waals surface area contributed by atoms with Crippen LogP contribution >= 0.6 is 0 Å². The fourth-order valence-electron chi connectivity index (χ4n) is 14.5. The van der Waals surface area contributed by atoms with Crippen LogP contribution < -0.4 is 0 Å². The molecule has 86 heavy (non-hydrogen) atoms. The first-order chi connectivity index (χ1) is 41.2. The zero-order valence-electron chi connectivity index (χ0n) is 57.5. The average molecular weight is 1220 g/mol. The third-order valence-electron chi connectivity index (χ3n) is 19.6. The minimum Gasteiger partial charge on any atom is -0.414 e. The van der Waals surface area contributed by atoms with Gasteiger partial charge in [0.25, 0.3) is 0 Å². The first-order valence-corrected chi connectivity index (χ1v) is 42.5. The summed E-state index contributed by atoms with van der Waals surface area (Å²) in [5.41, 5.74) is 4.21. The van der Waals surface area contributed by atoms with E-state index in [1.165, 1.54) is 145 Å². The fourth-order valence-corrected chi connectivity index (χ4v) is 16.8. The van der Waals surface area contributed by atoms with Crippen molar-refractivity contribution in [1.29, 1.82) is 0 Å². The van der Waals surface area contributed by atoms with E-state index in [4.69, 9.17) is 8.85 Å². The number of benzene rings is 3. The monoisotopic (exact) mass is 1220 g/mol. The lowest BCUT2D eigenvalue weighted by atomic mass is 9.81. The first kappa shape index (κ1) is 75.6. The molecule has 3 aliphatic carbocycles. The molecule has 0 heterocycles. The fraction of sp³-hybridized carbons (Fsp3) is 0.696. The van der Waals surface area contributed by atoms with Gasteiger partial charge in [0.15, 0.2) is 16.6 Å². The van der Waals surface area contributed by atoms with Crippen LogP contribution in [0.5, 0.6) is 0 Å². The van der Waals surface area contributed by atoms with Gasteiger partial charge in [-0.3, -0.25) is 0 Å². The molecule has 0 amide bonds. The number of allylic oxidation sites excluding steroid dienone is 6. The van der Waals surface area contributed by atoms with Crippen molar-refractivity contribution in [3.63, 3.8) is 0 Å². The molecule has 0 unspecified atom stereocenters. The van der Waals surface area contributed by atoms with Crippen LogP contribution in [0.15, 0.2) is 127 Å². The van der Waals surface area contributed by atoms with Crippen molar-refractivity contribution in [3.8, 4) is 0 Å². The molecule has 3 aromatic carbocycles. The van der Waals surface area contributed by atoms with Gasteiger partial charge in [0.05, 0.1) is 18.3 Å². The molecule has 3 saturated carbocycles. The molecule has 0 aliphatic heterocycles. The highest BCUT2D eigenvalue weighted by Crippen LogP contribution is 2.47. The van der Waals surface area contributed by atoms with Crippen LogP contribution in [0.4, 0.5) is 0 Å². The van der Waals surface area contributed by atoms with Gasteiger partial charge in [-0.05, 0) is 237 Å². The Balaban J connectivity index is 0.000000277. The van der Waals surface area contributed by atoms with Gasteiger partial charge in [-0.1, -0.05) is 227 Å². The number of hydrogen-bond donors (Lipinski definition) is 3. The highest BCUT2D eigenvalue weighted by atomic mass is 28.4. The third kappa shape index (κ3) is 30.8. The van der Waals surface area contributed by atoms with E-state index in [1.807, 2.05) is 18.2 Å². The molecule has 6 rings (SSSR count). The van der Waals surface area contributed by atoms with Crippen LogP contribution in [0, 0.1) is 59.2 Å². The van der Waals surface area contributed by atoms with Crippen molar-refractivity contribution in [3.05, 3.63) is 144 Å². The molecule has 3 aromatic rings. The van der Waals surface area contributed by atoms with Crippen molar-refractivity contribution in [2.45, 2.75) is 292 Å². The Morgan fingerprint density at radius 3 is 1.22 bits per heavy atom. The van der Waals surface area contributed by atoms with Gasteiger partial charge >= 0.3 is 0 Å². The Kier molecular flexibility index (Phi) is 37.1. The highest BCUT2D eigenvalue weighted by Gasteiger charge is 2.44. The lowest BCUT2D eigenvalue weighted by molar-refractivity contribution is 0.0857. The minimum absolute atomic E-state index is 0.0900. The number of aliphatic hydroxyl groups is 3. The summed E-state index contributed by atoms with van der Waals surface area (Å²) in [6, 6.07) is 32.2. The van der Waals surface area contributed by atoms with E-state index in [1.54, 1.807) is 0 Å². The molecule has 5 nitrogen and oxygen atoms in total. The largest absolute Gasteiger partial charge is 0.414 e. The predicted octanol–water partition coefficient (Wildman–Crippen LogP) is 21.6. The average Bonchev–Trinajstić information content (AvgIpc) is 3.26. The summed E-state index contributed by atoms with van der Waals surface area (Å²) < 4.78 is 13.4. The molecule has 15 atom stereocenters. The maximum absolute atomic E-state index is 10.3. The summed E-state index contributed by atoms with van der Waals surface area (Å²) in [5, 5.41) is 30.9. The highest BCUT2D eigenvalue weighted by molar-refractivity contribution is 6.70. The first-order valence-electron chi connectivity index (χ1n) is 35.7. The lowest BCUT2D eigenvalue weighted by Gasteiger charge is -2.31.